The SMILES string of the molecule is Cc1ccccc1NC(=O)Cc1nc(-c2cccs2)cs1. The van der Waals surface area contributed by atoms with Gasteiger partial charge in [-0.25, -0.2) is 4.98 Å². The first-order valence-corrected chi connectivity index (χ1v) is 8.32. The Hall–Kier alpha value is -1.98. The molecule has 2 aromatic heterocycles. The van der Waals surface area contributed by atoms with Crippen LogP contribution in [0.15, 0.2) is 47.2 Å². The van der Waals surface area contributed by atoms with Crippen LogP contribution in [0.3, 0.4) is 0 Å². The topological polar surface area (TPSA) is 42.0 Å². The van der Waals surface area contributed by atoms with Crippen LogP contribution >= 0.6 is 22.7 Å². The molecule has 1 N–H and O–H groups in total. The second-order valence-corrected chi connectivity index (χ2v) is 6.53. The number of nitrogens with one attached hydrogen (secondary N) is 1. The molecule has 0 spiro atoms. The number of thiazole rings is 1. The summed E-state index contributed by atoms with van der Waals surface area (Å²) in [6.45, 7) is 1.98. The summed E-state index contributed by atoms with van der Waals surface area (Å²) in [7, 11) is 0. The third kappa shape index (κ3) is 3.37. The zero-order valence-corrected chi connectivity index (χ0v) is 13.1. The van der Waals surface area contributed by atoms with Crippen molar-refractivity contribution in [3.63, 3.8) is 0 Å². The zero-order valence-electron chi connectivity index (χ0n) is 11.5. The minimum Gasteiger partial charge on any atom is -0.325 e. The quantitative estimate of drug-likeness (QED) is 0.777. The van der Waals surface area contributed by atoms with Crippen LogP contribution in [0.25, 0.3) is 10.6 Å². The number of carbonyl (C=O) groups excluding carboxylic acids is 1. The molecule has 0 bridgehead atoms. The highest BCUT2D eigenvalue weighted by atomic mass is 32.1. The number of rotatable bonds is 4. The van der Waals surface area contributed by atoms with Gasteiger partial charge in [0.2, 0.25) is 5.91 Å². The second-order valence-electron chi connectivity index (χ2n) is 4.64. The Bertz CT molecular complexity index is 747. The lowest BCUT2D eigenvalue weighted by atomic mass is 10.2. The molecular weight excluding hydrogens is 300 g/mol. The first kappa shape index (κ1) is 14.0. The Morgan fingerprint density at radius 3 is 2.81 bits per heavy atom. The van der Waals surface area contributed by atoms with Gasteiger partial charge in [-0.3, -0.25) is 4.79 Å². The highest BCUT2D eigenvalue weighted by Gasteiger charge is 2.10. The van der Waals surface area contributed by atoms with Crippen LogP contribution in [0.2, 0.25) is 0 Å². The molecule has 106 valence electrons. The fourth-order valence-electron chi connectivity index (χ4n) is 1.97. The molecule has 0 saturated carbocycles. The molecule has 0 unspecified atom stereocenters. The minimum atomic E-state index is -0.0311. The van der Waals surface area contributed by atoms with Gasteiger partial charge in [0.1, 0.15) is 5.01 Å². The number of nitrogens with zero attached hydrogens (tertiary/aromatic N) is 1. The predicted octanol–water partition coefficient (Wildman–Crippen LogP) is 4.36. The Morgan fingerprint density at radius 2 is 2.05 bits per heavy atom. The fourth-order valence-corrected chi connectivity index (χ4v) is 3.53. The lowest BCUT2D eigenvalue weighted by Gasteiger charge is -2.06. The van der Waals surface area contributed by atoms with Gasteiger partial charge in [0.25, 0.3) is 0 Å². The van der Waals surface area contributed by atoms with E-state index < -0.39 is 0 Å². The van der Waals surface area contributed by atoms with Crippen molar-refractivity contribution < 1.29 is 4.79 Å². The molecule has 1 aromatic carbocycles. The van der Waals surface area contributed by atoms with E-state index in [9.17, 15) is 4.79 Å². The number of thiophene rings is 1. The van der Waals surface area contributed by atoms with E-state index in [0.717, 1.165) is 26.8 Å². The van der Waals surface area contributed by atoms with E-state index >= 15 is 0 Å². The number of hydrogen-bond acceptors (Lipinski definition) is 4. The van der Waals surface area contributed by atoms with Gasteiger partial charge in [-0.05, 0) is 30.0 Å². The van der Waals surface area contributed by atoms with E-state index in [1.165, 1.54) is 11.3 Å². The van der Waals surface area contributed by atoms with E-state index in [0.29, 0.717) is 6.42 Å². The number of anilines is 1. The molecule has 3 nitrogen and oxygen atoms in total. The summed E-state index contributed by atoms with van der Waals surface area (Å²) in [5.41, 5.74) is 2.87. The van der Waals surface area contributed by atoms with Crippen molar-refractivity contribution in [3.05, 3.63) is 57.7 Å². The monoisotopic (exact) mass is 314 g/mol. The van der Waals surface area contributed by atoms with E-state index in [1.807, 2.05) is 54.1 Å². The average Bonchev–Trinajstić information content (AvgIpc) is 3.12. The van der Waals surface area contributed by atoms with Crippen molar-refractivity contribution >= 4 is 34.3 Å². The number of aryl methyl sites for hydroxylation is 1. The van der Waals surface area contributed by atoms with Gasteiger partial charge in [-0.2, -0.15) is 0 Å². The fraction of sp³-hybridized carbons (Fsp3) is 0.125. The van der Waals surface area contributed by atoms with Crippen LogP contribution in [0, 0.1) is 6.92 Å². The van der Waals surface area contributed by atoms with Gasteiger partial charge in [-0.15, -0.1) is 22.7 Å². The van der Waals surface area contributed by atoms with Crippen molar-refractivity contribution in [1.82, 2.24) is 4.98 Å². The predicted molar refractivity (Wildman–Crippen MR) is 88.9 cm³/mol. The summed E-state index contributed by atoms with van der Waals surface area (Å²) in [5, 5.41) is 7.80. The van der Waals surface area contributed by atoms with Gasteiger partial charge in [0.05, 0.1) is 17.0 Å². The van der Waals surface area contributed by atoms with Crippen LogP contribution in [-0.4, -0.2) is 10.9 Å². The molecular formula is C16H14N2OS2. The molecule has 3 rings (SSSR count). The average molecular weight is 314 g/mol. The molecule has 0 aliphatic heterocycles. The molecule has 0 saturated heterocycles. The van der Waals surface area contributed by atoms with E-state index in [2.05, 4.69) is 10.3 Å². The van der Waals surface area contributed by atoms with Crippen LogP contribution < -0.4 is 5.32 Å². The first-order valence-electron chi connectivity index (χ1n) is 6.56. The molecule has 3 aromatic rings. The van der Waals surface area contributed by atoms with Gasteiger partial charge in [-0.1, -0.05) is 24.3 Å². The van der Waals surface area contributed by atoms with Gasteiger partial charge in [0.15, 0.2) is 0 Å². The molecule has 1 amide bonds. The van der Waals surface area contributed by atoms with Gasteiger partial charge < -0.3 is 5.32 Å². The first-order chi connectivity index (χ1) is 10.2. The summed E-state index contributed by atoms with van der Waals surface area (Å²) in [6.07, 6.45) is 0.310. The summed E-state index contributed by atoms with van der Waals surface area (Å²) >= 11 is 3.18. The van der Waals surface area contributed by atoms with Crippen LogP contribution in [0.4, 0.5) is 5.69 Å². The molecule has 0 aliphatic carbocycles. The van der Waals surface area contributed by atoms with Crippen molar-refractivity contribution in [3.8, 4) is 10.6 Å². The van der Waals surface area contributed by atoms with Crippen LogP contribution in [0.5, 0.6) is 0 Å². The number of carbonyl (C=O) groups is 1. The Balaban J connectivity index is 1.67. The highest BCUT2D eigenvalue weighted by molar-refractivity contribution is 7.14. The van der Waals surface area contributed by atoms with Crippen molar-refractivity contribution in [2.24, 2.45) is 0 Å². The number of hydrogen-bond donors (Lipinski definition) is 1. The number of aromatic nitrogens is 1. The standard InChI is InChI=1S/C16H14N2OS2/c1-11-5-2-3-6-12(11)17-15(19)9-16-18-13(10-21-16)14-7-4-8-20-14/h2-8,10H,9H2,1H3,(H,17,19). The molecule has 2 heterocycles. The molecule has 0 atom stereocenters. The van der Waals surface area contributed by atoms with E-state index in [1.54, 1.807) is 11.3 Å². The van der Waals surface area contributed by atoms with Crippen LogP contribution in [-0.2, 0) is 11.2 Å². The molecule has 0 radical (unpaired) electrons. The van der Waals surface area contributed by atoms with Gasteiger partial charge >= 0.3 is 0 Å². The number of benzene rings is 1. The lowest BCUT2D eigenvalue weighted by molar-refractivity contribution is -0.115. The van der Waals surface area contributed by atoms with E-state index in [-0.39, 0.29) is 5.91 Å². The minimum absolute atomic E-state index is 0.0311. The summed E-state index contributed by atoms with van der Waals surface area (Å²) in [4.78, 5) is 17.7. The van der Waals surface area contributed by atoms with Crippen molar-refractivity contribution in [1.29, 1.82) is 0 Å². The molecule has 21 heavy (non-hydrogen) atoms. The zero-order chi connectivity index (χ0) is 14.7. The second kappa shape index (κ2) is 6.20. The van der Waals surface area contributed by atoms with E-state index in [4.69, 9.17) is 0 Å². The largest absolute Gasteiger partial charge is 0.325 e. The smallest absolute Gasteiger partial charge is 0.231 e. The molecule has 0 aliphatic rings. The lowest BCUT2D eigenvalue weighted by Crippen LogP contribution is -2.14. The Kier molecular flexibility index (Phi) is 4.13. The maximum Gasteiger partial charge on any atom is 0.231 e. The Morgan fingerprint density at radius 1 is 1.19 bits per heavy atom. The summed E-state index contributed by atoms with van der Waals surface area (Å²) in [6, 6.07) is 11.8. The maximum absolute atomic E-state index is 12.1. The molecule has 5 heteroatoms. The molecule has 0 fully saturated rings. The Labute approximate surface area is 131 Å². The highest BCUT2D eigenvalue weighted by Crippen LogP contribution is 2.26. The number of amides is 1. The van der Waals surface area contributed by atoms with Crippen LogP contribution in [0.1, 0.15) is 10.6 Å². The van der Waals surface area contributed by atoms with Crippen molar-refractivity contribution in [2.75, 3.05) is 5.32 Å². The van der Waals surface area contributed by atoms with Crippen molar-refractivity contribution in [2.45, 2.75) is 13.3 Å². The normalized spacial score (nSPS) is 10.5. The summed E-state index contributed by atoms with van der Waals surface area (Å²) in [5.74, 6) is -0.0311. The number of para-hydroxylation sites is 1. The third-order valence-corrected chi connectivity index (χ3v) is 4.80. The third-order valence-electron chi connectivity index (χ3n) is 3.06. The summed E-state index contributed by atoms with van der Waals surface area (Å²) < 4.78 is 0. The van der Waals surface area contributed by atoms with Gasteiger partial charge in [0, 0.05) is 11.1 Å². The maximum atomic E-state index is 12.1.